The maximum atomic E-state index is 13.1. The molecule has 0 spiro atoms. The fraction of sp³-hybridized carbons (Fsp3) is 0.625. The van der Waals surface area contributed by atoms with E-state index in [1.165, 1.54) is 20.4 Å². The van der Waals surface area contributed by atoms with Crippen LogP contribution in [-0.2, 0) is 33.0 Å². The van der Waals surface area contributed by atoms with Crippen LogP contribution < -0.4 is 0 Å². The first-order valence-corrected chi connectivity index (χ1v) is 11.7. The zero-order valence-corrected chi connectivity index (χ0v) is 15.5. The normalized spacial score (nSPS) is 23.8. The number of fused-ring (bicyclic) bond motifs is 1. The molecule has 1 saturated heterocycles. The van der Waals surface area contributed by atoms with Crippen molar-refractivity contribution >= 4 is 20.0 Å². The smallest absolute Gasteiger partial charge is 0.229 e. The number of rotatable bonds is 4. The Bertz CT molecular complexity index is 805. The van der Waals surface area contributed by atoms with Gasteiger partial charge >= 0.3 is 0 Å². The van der Waals surface area contributed by atoms with Gasteiger partial charge in [-0.15, -0.1) is 0 Å². The number of nitrogens with zero attached hydrogens (tertiary/aromatic N) is 2. The summed E-state index contributed by atoms with van der Waals surface area (Å²) in [4.78, 5) is 0. The van der Waals surface area contributed by atoms with E-state index < -0.39 is 26.1 Å². The Kier molecular flexibility index (Phi) is 5.01. The molecule has 134 valence electrons. The van der Waals surface area contributed by atoms with Crippen LogP contribution in [0.4, 0.5) is 0 Å². The summed E-state index contributed by atoms with van der Waals surface area (Å²) >= 11 is 0. The van der Waals surface area contributed by atoms with E-state index in [9.17, 15) is 16.8 Å². The van der Waals surface area contributed by atoms with Crippen LogP contribution in [0.2, 0.25) is 0 Å². The van der Waals surface area contributed by atoms with Gasteiger partial charge in [0.1, 0.15) is 9.84 Å². The molecular formula is C16H24N2O4S2. The van der Waals surface area contributed by atoms with Gasteiger partial charge in [0.25, 0.3) is 10.2 Å². The number of benzene rings is 1. The maximum Gasteiger partial charge on any atom is 0.282 e. The first kappa shape index (κ1) is 17.8. The molecule has 24 heavy (non-hydrogen) atoms. The molecule has 8 heteroatoms. The summed E-state index contributed by atoms with van der Waals surface area (Å²) in [6.45, 7) is 1.21. The first-order chi connectivity index (χ1) is 11.3. The predicted octanol–water partition coefficient (Wildman–Crippen LogP) is 1.19. The third-order valence-electron chi connectivity index (χ3n) is 4.79. The molecular weight excluding hydrogens is 348 g/mol. The number of hydrogen-bond donors (Lipinski definition) is 0. The largest absolute Gasteiger partial charge is 0.282 e. The molecule has 1 atom stereocenters. The molecule has 0 aromatic heterocycles. The van der Waals surface area contributed by atoms with Crippen molar-refractivity contribution in [1.29, 1.82) is 0 Å². The average Bonchev–Trinajstić information content (AvgIpc) is 2.53. The summed E-state index contributed by atoms with van der Waals surface area (Å²) in [5, 5.41) is 0. The highest BCUT2D eigenvalue weighted by molar-refractivity contribution is 7.90. The molecule has 0 bridgehead atoms. The zero-order chi connectivity index (χ0) is 17.4. The number of piperidine rings is 1. The van der Waals surface area contributed by atoms with Crippen molar-refractivity contribution in [2.75, 3.05) is 25.1 Å². The second kappa shape index (κ2) is 6.74. The number of hydrogen-bond acceptors (Lipinski definition) is 4. The van der Waals surface area contributed by atoms with Crippen molar-refractivity contribution in [3.8, 4) is 0 Å². The van der Waals surface area contributed by atoms with E-state index in [4.69, 9.17) is 0 Å². The van der Waals surface area contributed by atoms with Gasteiger partial charge in [0.2, 0.25) is 0 Å². The molecule has 1 fully saturated rings. The van der Waals surface area contributed by atoms with Crippen LogP contribution in [0.15, 0.2) is 24.3 Å². The summed E-state index contributed by atoms with van der Waals surface area (Å²) in [6, 6.07) is 7.43. The molecule has 2 heterocycles. The van der Waals surface area contributed by atoms with Gasteiger partial charge in [0.05, 0.1) is 5.75 Å². The average molecular weight is 373 g/mol. The van der Waals surface area contributed by atoms with E-state index in [-0.39, 0.29) is 5.75 Å². The summed E-state index contributed by atoms with van der Waals surface area (Å²) < 4.78 is 52.5. The molecule has 0 amide bonds. The van der Waals surface area contributed by atoms with Gasteiger partial charge in [0, 0.05) is 31.9 Å². The molecule has 1 aromatic carbocycles. The first-order valence-electron chi connectivity index (χ1n) is 8.29. The third kappa shape index (κ3) is 3.82. The molecule has 3 rings (SSSR count). The van der Waals surface area contributed by atoms with Gasteiger partial charge in [-0.25, -0.2) is 8.42 Å². The van der Waals surface area contributed by atoms with Crippen molar-refractivity contribution in [3.63, 3.8) is 0 Å². The minimum absolute atomic E-state index is 0.101. The molecule has 2 aliphatic rings. The van der Waals surface area contributed by atoms with E-state index in [2.05, 4.69) is 0 Å². The van der Waals surface area contributed by atoms with Gasteiger partial charge in [-0.3, -0.25) is 0 Å². The van der Waals surface area contributed by atoms with E-state index in [1.807, 2.05) is 24.3 Å². The molecule has 1 aromatic rings. The quantitative estimate of drug-likeness (QED) is 0.796. The minimum Gasteiger partial charge on any atom is -0.229 e. The molecule has 2 aliphatic heterocycles. The minimum atomic E-state index is -3.65. The standard InChI is InChI=1S/C16H24N2O4S2/c1-23(19,20)13-16-8-4-5-10-18(16)24(21,22)17-11-9-14-6-2-3-7-15(14)12-17/h2-3,6-7,16H,4-5,8-13H2,1H3. The maximum absolute atomic E-state index is 13.1. The van der Waals surface area contributed by atoms with E-state index >= 15 is 0 Å². The van der Waals surface area contributed by atoms with E-state index in [0.717, 1.165) is 18.4 Å². The lowest BCUT2D eigenvalue weighted by Gasteiger charge is -2.39. The molecule has 0 N–H and O–H groups in total. The molecule has 0 radical (unpaired) electrons. The van der Waals surface area contributed by atoms with Crippen molar-refractivity contribution in [3.05, 3.63) is 35.4 Å². The molecule has 1 unspecified atom stereocenters. The van der Waals surface area contributed by atoms with Crippen LogP contribution in [0.3, 0.4) is 0 Å². The molecule has 6 nitrogen and oxygen atoms in total. The van der Waals surface area contributed by atoms with Gasteiger partial charge in [-0.1, -0.05) is 30.7 Å². The van der Waals surface area contributed by atoms with Crippen LogP contribution in [0.1, 0.15) is 30.4 Å². The van der Waals surface area contributed by atoms with Crippen molar-refractivity contribution in [1.82, 2.24) is 8.61 Å². The second-order valence-electron chi connectivity index (χ2n) is 6.71. The highest BCUT2D eigenvalue weighted by Crippen LogP contribution is 2.27. The lowest BCUT2D eigenvalue weighted by atomic mass is 10.0. The lowest BCUT2D eigenvalue weighted by Crippen LogP contribution is -2.53. The summed E-state index contributed by atoms with van der Waals surface area (Å²) in [5.41, 5.74) is 2.22. The van der Waals surface area contributed by atoms with Gasteiger partial charge in [-0.05, 0) is 30.4 Å². The SMILES string of the molecule is CS(=O)(=O)CC1CCCCN1S(=O)(=O)N1CCc2ccccc2C1. The van der Waals surface area contributed by atoms with Crippen molar-refractivity contribution in [2.24, 2.45) is 0 Å². The Labute approximate surface area is 144 Å². The second-order valence-corrected chi connectivity index (χ2v) is 10.8. The monoisotopic (exact) mass is 372 g/mol. The summed E-state index contributed by atoms with van der Waals surface area (Å²) in [7, 11) is -6.87. The zero-order valence-electron chi connectivity index (χ0n) is 13.9. The van der Waals surface area contributed by atoms with Crippen molar-refractivity contribution < 1.29 is 16.8 Å². The van der Waals surface area contributed by atoms with Gasteiger partial charge < -0.3 is 0 Å². The fourth-order valence-corrected chi connectivity index (χ4v) is 6.59. The lowest BCUT2D eigenvalue weighted by molar-refractivity contribution is 0.242. The van der Waals surface area contributed by atoms with Crippen LogP contribution in [-0.4, -0.2) is 56.6 Å². The predicted molar refractivity (Wildman–Crippen MR) is 93.5 cm³/mol. The highest BCUT2D eigenvalue weighted by atomic mass is 32.2. The molecule has 0 aliphatic carbocycles. The van der Waals surface area contributed by atoms with Gasteiger partial charge in [0.15, 0.2) is 0 Å². The Morgan fingerprint density at radius 3 is 2.46 bits per heavy atom. The van der Waals surface area contributed by atoms with Crippen LogP contribution in [0.25, 0.3) is 0 Å². The highest BCUT2D eigenvalue weighted by Gasteiger charge is 2.38. The van der Waals surface area contributed by atoms with E-state index in [1.54, 1.807) is 0 Å². The summed E-state index contributed by atoms with van der Waals surface area (Å²) in [6.07, 6.45) is 4.12. The fourth-order valence-electron chi connectivity index (χ4n) is 3.61. The van der Waals surface area contributed by atoms with E-state index in [0.29, 0.717) is 32.5 Å². The number of sulfone groups is 1. The molecule has 0 saturated carbocycles. The summed E-state index contributed by atoms with van der Waals surface area (Å²) in [5.74, 6) is -0.101. The van der Waals surface area contributed by atoms with Crippen molar-refractivity contribution in [2.45, 2.75) is 38.3 Å². The van der Waals surface area contributed by atoms with Gasteiger partial charge in [-0.2, -0.15) is 17.0 Å². The Morgan fingerprint density at radius 2 is 1.75 bits per heavy atom. The van der Waals surface area contributed by atoms with Crippen LogP contribution in [0.5, 0.6) is 0 Å². The Hall–Kier alpha value is -0.960. The topological polar surface area (TPSA) is 74.8 Å². The Balaban J connectivity index is 1.83. The van der Waals surface area contributed by atoms with Crippen LogP contribution in [0, 0.1) is 0 Å². The van der Waals surface area contributed by atoms with Crippen LogP contribution >= 0.6 is 0 Å². The third-order valence-corrected chi connectivity index (χ3v) is 7.81. The Morgan fingerprint density at radius 1 is 1.04 bits per heavy atom.